The number of hydrogen-bond donors (Lipinski definition) is 0. The normalized spacial score (nSPS) is 21.2. The summed E-state index contributed by atoms with van der Waals surface area (Å²) in [6.45, 7) is 0.997. The molecule has 5 nitrogen and oxygen atoms in total. The van der Waals surface area contributed by atoms with Gasteiger partial charge in [0.1, 0.15) is 11.9 Å². The van der Waals surface area contributed by atoms with Gasteiger partial charge in [0.05, 0.1) is 6.54 Å². The molecule has 1 unspecified atom stereocenters. The Morgan fingerprint density at radius 3 is 2.93 bits per heavy atom. The Kier molecular flexibility index (Phi) is 3.04. The summed E-state index contributed by atoms with van der Waals surface area (Å²) < 4.78 is 0. The third-order valence-corrected chi connectivity index (χ3v) is 2.22. The molecule has 78 valence electrons. The van der Waals surface area contributed by atoms with Crippen molar-refractivity contribution in [1.82, 2.24) is 15.0 Å². The fourth-order valence-corrected chi connectivity index (χ4v) is 1.54. The molecule has 1 aliphatic heterocycles. The van der Waals surface area contributed by atoms with Crippen LogP contribution in [0.1, 0.15) is 18.3 Å². The quantitative estimate of drug-likeness (QED) is 0.541. The molecule has 5 heteroatoms. The van der Waals surface area contributed by atoms with Crippen LogP contribution in [0.4, 0.5) is 0 Å². The van der Waals surface area contributed by atoms with Gasteiger partial charge in [0.2, 0.25) is 0 Å². The fourth-order valence-electron chi connectivity index (χ4n) is 1.54. The largest absolute Gasteiger partial charge is 0.370 e. The Bertz CT molecular complexity index is 353. The Labute approximate surface area is 87.4 Å². The van der Waals surface area contributed by atoms with Crippen molar-refractivity contribution in [3.8, 4) is 0 Å². The van der Waals surface area contributed by atoms with E-state index < -0.39 is 0 Å². The molecule has 1 aromatic rings. The Hall–Kier alpha value is -1.75. The van der Waals surface area contributed by atoms with Crippen LogP contribution in [0, 0.1) is 0 Å². The molecule has 15 heavy (non-hydrogen) atoms. The molecule has 0 amide bonds. The molecule has 0 bridgehead atoms. The number of carbonyl (C=O) groups excluding carboxylic acids is 1. The van der Waals surface area contributed by atoms with Crippen molar-refractivity contribution >= 4 is 6.47 Å². The van der Waals surface area contributed by atoms with Crippen LogP contribution < -0.4 is 0 Å². The number of nitrogens with zero attached hydrogens (tertiary/aromatic N) is 3. The second-order valence-corrected chi connectivity index (χ2v) is 3.13. The molecule has 1 atom stereocenters. The van der Waals surface area contributed by atoms with Gasteiger partial charge in [-0.3, -0.25) is 4.79 Å². The van der Waals surface area contributed by atoms with Crippen LogP contribution in [0.2, 0.25) is 0 Å². The van der Waals surface area contributed by atoms with Gasteiger partial charge in [0, 0.05) is 12.4 Å². The standard InChI is InChI=1S/C10H11N3O2/c14-8-15-13-7-2-1-4-9(13)10-11-5-3-6-12-10/h1-3,5-6,8-9H,4,7H2. The third kappa shape index (κ3) is 2.19. The summed E-state index contributed by atoms with van der Waals surface area (Å²) in [4.78, 5) is 23.5. The predicted molar refractivity (Wildman–Crippen MR) is 52.4 cm³/mol. The smallest absolute Gasteiger partial charge is 0.313 e. The molecular formula is C10H11N3O2. The topological polar surface area (TPSA) is 55.3 Å². The number of rotatable bonds is 3. The van der Waals surface area contributed by atoms with Gasteiger partial charge in [-0.2, -0.15) is 0 Å². The highest BCUT2D eigenvalue weighted by Gasteiger charge is 2.24. The van der Waals surface area contributed by atoms with Crippen LogP contribution in [-0.4, -0.2) is 28.0 Å². The van der Waals surface area contributed by atoms with E-state index in [2.05, 4.69) is 9.97 Å². The molecule has 0 aromatic carbocycles. The zero-order chi connectivity index (χ0) is 10.5. The summed E-state index contributed by atoms with van der Waals surface area (Å²) in [6, 6.07) is 1.67. The lowest BCUT2D eigenvalue weighted by molar-refractivity contribution is -0.185. The Morgan fingerprint density at radius 1 is 1.40 bits per heavy atom. The molecule has 0 radical (unpaired) electrons. The van der Waals surface area contributed by atoms with Crippen molar-refractivity contribution in [2.24, 2.45) is 0 Å². The summed E-state index contributed by atoms with van der Waals surface area (Å²) in [7, 11) is 0. The zero-order valence-corrected chi connectivity index (χ0v) is 8.11. The molecule has 0 N–H and O–H groups in total. The third-order valence-electron chi connectivity index (χ3n) is 2.22. The van der Waals surface area contributed by atoms with Crippen molar-refractivity contribution in [2.75, 3.05) is 6.54 Å². The van der Waals surface area contributed by atoms with Crippen LogP contribution in [0.25, 0.3) is 0 Å². The van der Waals surface area contributed by atoms with E-state index in [1.54, 1.807) is 23.5 Å². The maximum atomic E-state index is 10.3. The molecule has 2 rings (SSSR count). The van der Waals surface area contributed by atoms with Gasteiger partial charge in [-0.1, -0.05) is 12.2 Å². The first-order valence-electron chi connectivity index (χ1n) is 4.71. The highest BCUT2D eigenvalue weighted by molar-refractivity contribution is 5.36. The van der Waals surface area contributed by atoms with Gasteiger partial charge in [-0.25, -0.2) is 9.97 Å². The number of hydrogen-bond acceptors (Lipinski definition) is 5. The SMILES string of the molecule is O=CON1CC=CCC1c1ncccn1. The van der Waals surface area contributed by atoms with Crippen LogP contribution in [0.5, 0.6) is 0 Å². The van der Waals surface area contributed by atoms with Crippen molar-refractivity contribution in [1.29, 1.82) is 0 Å². The van der Waals surface area contributed by atoms with E-state index >= 15 is 0 Å². The minimum Gasteiger partial charge on any atom is -0.370 e. The van der Waals surface area contributed by atoms with Gasteiger partial charge < -0.3 is 4.84 Å². The monoisotopic (exact) mass is 205 g/mol. The molecule has 0 saturated heterocycles. The van der Waals surface area contributed by atoms with E-state index in [1.165, 1.54) is 0 Å². The van der Waals surface area contributed by atoms with Crippen molar-refractivity contribution in [3.63, 3.8) is 0 Å². The molecule has 2 heterocycles. The second kappa shape index (κ2) is 4.65. The van der Waals surface area contributed by atoms with Crippen molar-refractivity contribution < 1.29 is 9.63 Å². The minimum atomic E-state index is -0.0820. The van der Waals surface area contributed by atoms with Gasteiger partial charge in [-0.05, 0) is 12.5 Å². The van der Waals surface area contributed by atoms with Gasteiger partial charge >= 0.3 is 6.47 Å². The maximum absolute atomic E-state index is 10.3. The molecule has 1 aromatic heterocycles. The van der Waals surface area contributed by atoms with Crippen LogP contribution >= 0.6 is 0 Å². The molecule has 0 saturated carbocycles. The predicted octanol–water partition coefficient (Wildman–Crippen LogP) is 0.868. The molecule has 0 spiro atoms. The average Bonchev–Trinajstić information content (AvgIpc) is 2.31. The first-order chi connectivity index (χ1) is 7.42. The van der Waals surface area contributed by atoms with Crippen molar-refractivity contribution in [2.45, 2.75) is 12.5 Å². The number of hydroxylamine groups is 2. The lowest BCUT2D eigenvalue weighted by atomic mass is 10.1. The molecule has 1 aliphatic rings. The highest BCUT2D eigenvalue weighted by atomic mass is 16.7. The minimum absolute atomic E-state index is 0.0820. The Balaban J connectivity index is 2.19. The van der Waals surface area contributed by atoms with E-state index in [4.69, 9.17) is 4.84 Å². The highest BCUT2D eigenvalue weighted by Crippen LogP contribution is 2.24. The fraction of sp³-hybridized carbons (Fsp3) is 0.300. The molecular weight excluding hydrogens is 194 g/mol. The zero-order valence-electron chi connectivity index (χ0n) is 8.11. The summed E-state index contributed by atoms with van der Waals surface area (Å²) in [5, 5.41) is 1.57. The van der Waals surface area contributed by atoms with Crippen LogP contribution in [0.3, 0.4) is 0 Å². The first kappa shape index (κ1) is 9.79. The average molecular weight is 205 g/mol. The molecule has 0 aliphatic carbocycles. The summed E-state index contributed by atoms with van der Waals surface area (Å²) >= 11 is 0. The van der Waals surface area contributed by atoms with Crippen molar-refractivity contribution in [3.05, 3.63) is 36.4 Å². The van der Waals surface area contributed by atoms with Gasteiger partial charge in [0.25, 0.3) is 0 Å². The van der Waals surface area contributed by atoms with Gasteiger partial charge in [0.15, 0.2) is 0 Å². The van der Waals surface area contributed by atoms with E-state index in [-0.39, 0.29) is 6.04 Å². The maximum Gasteiger partial charge on any atom is 0.313 e. The van der Waals surface area contributed by atoms with Crippen LogP contribution in [-0.2, 0) is 9.63 Å². The van der Waals surface area contributed by atoms with E-state index in [9.17, 15) is 4.79 Å². The van der Waals surface area contributed by atoms with Gasteiger partial charge in [-0.15, -0.1) is 5.06 Å². The first-order valence-corrected chi connectivity index (χ1v) is 4.71. The summed E-state index contributed by atoms with van der Waals surface area (Å²) in [5.74, 6) is 0.670. The number of carbonyl (C=O) groups is 1. The lowest BCUT2D eigenvalue weighted by Gasteiger charge is -2.28. The Morgan fingerprint density at radius 2 is 2.20 bits per heavy atom. The second-order valence-electron chi connectivity index (χ2n) is 3.13. The van der Waals surface area contributed by atoms with Crippen LogP contribution in [0.15, 0.2) is 30.6 Å². The van der Waals surface area contributed by atoms with E-state index in [0.29, 0.717) is 18.8 Å². The number of aromatic nitrogens is 2. The molecule has 0 fully saturated rings. The summed E-state index contributed by atoms with van der Waals surface area (Å²) in [5.41, 5.74) is 0. The summed E-state index contributed by atoms with van der Waals surface area (Å²) in [6.07, 6.45) is 8.09. The van der Waals surface area contributed by atoms with E-state index in [1.807, 2.05) is 12.2 Å². The van der Waals surface area contributed by atoms with E-state index in [0.717, 1.165) is 6.42 Å². The lowest BCUT2D eigenvalue weighted by Crippen LogP contribution is -2.32.